The van der Waals surface area contributed by atoms with Gasteiger partial charge in [0, 0.05) is 15.8 Å². The first-order valence-corrected chi connectivity index (χ1v) is 8.88. The van der Waals surface area contributed by atoms with Crippen LogP contribution in [0, 0.1) is 0 Å². The smallest absolute Gasteiger partial charge is 0.226 e. The molecule has 0 fully saturated rings. The van der Waals surface area contributed by atoms with Crippen molar-refractivity contribution in [2.45, 2.75) is 13.0 Å². The first-order valence-electron chi connectivity index (χ1n) is 7.12. The van der Waals surface area contributed by atoms with Crippen molar-refractivity contribution in [3.63, 3.8) is 0 Å². The molecular weight excluding hydrogens is 328 g/mol. The van der Waals surface area contributed by atoms with E-state index in [2.05, 4.69) is 10.3 Å². The van der Waals surface area contributed by atoms with Gasteiger partial charge < -0.3 is 10.1 Å². The second kappa shape index (κ2) is 7.39. The summed E-state index contributed by atoms with van der Waals surface area (Å²) in [4.78, 5) is 17.7. The largest absolute Gasteiger partial charge is 0.497 e. The Morgan fingerprint density at radius 1 is 1.22 bits per heavy atom. The average molecular weight is 344 g/mol. The number of thiazole rings is 1. The van der Waals surface area contributed by atoms with Crippen LogP contribution in [0.4, 0.5) is 0 Å². The number of thiophene rings is 1. The van der Waals surface area contributed by atoms with Crippen molar-refractivity contribution in [3.8, 4) is 16.3 Å². The number of hydrogen-bond donors (Lipinski definition) is 1. The molecule has 118 valence electrons. The van der Waals surface area contributed by atoms with Gasteiger partial charge in [0.1, 0.15) is 10.8 Å². The van der Waals surface area contributed by atoms with Crippen LogP contribution >= 0.6 is 22.7 Å². The second-order valence-electron chi connectivity index (χ2n) is 4.91. The van der Waals surface area contributed by atoms with E-state index in [1.54, 1.807) is 29.8 Å². The van der Waals surface area contributed by atoms with Crippen molar-refractivity contribution >= 4 is 28.6 Å². The Bertz CT molecular complexity index is 764. The first kappa shape index (κ1) is 15.7. The molecule has 2 aromatic heterocycles. The van der Waals surface area contributed by atoms with Gasteiger partial charge in [-0.3, -0.25) is 4.79 Å². The van der Waals surface area contributed by atoms with Crippen molar-refractivity contribution in [1.29, 1.82) is 0 Å². The quantitative estimate of drug-likeness (QED) is 0.741. The summed E-state index contributed by atoms with van der Waals surface area (Å²) in [5, 5.41) is 7.77. The molecule has 2 heterocycles. The van der Waals surface area contributed by atoms with Crippen LogP contribution in [0.2, 0.25) is 0 Å². The molecule has 0 atom stereocenters. The molecule has 3 rings (SSSR count). The Labute approximate surface area is 142 Å². The molecule has 0 aliphatic heterocycles. The van der Waals surface area contributed by atoms with Crippen molar-refractivity contribution in [3.05, 3.63) is 57.7 Å². The molecule has 0 saturated heterocycles. The molecular formula is C17H16N2O2S2. The molecule has 0 bridgehead atoms. The summed E-state index contributed by atoms with van der Waals surface area (Å²) >= 11 is 3.18. The fourth-order valence-corrected chi connectivity index (χ4v) is 3.55. The molecule has 1 N–H and O–H groups in total. The van der Waals surface area contributed by atoms with Gasteiger partial charge >= 0.3 is 0 Å². The van der Waals surface area contributed by atoms with Gasteiger partial charge in [0.05, 0.1) is 25.8 Å². The molecule has 0 unspecified atom stereocenters. The topological polar surface area (TPSA) is 51.2 Å². The van der Waals surface area contributed by atoms with Crippen LogP contribution in [0.5, 0.6) is 5.75 Å². The molecule has 1 aromatic carbocycles. The molecule has 23 heavy (non-hydrogen) atoms. The number of nitrogens with one attached hydrogen (secondary N) is 1. The maximum absolute atomic E-state index is 12.0. The predicted molar refractivity (Wildman–Crippen MR) is 94.0 cm³/mol. The summed E-state index contributed by atoms with van der Waals surface area (Å²) in [6.07, 6.45) is 0.304. The van der Waals surface area contributed by atoms with Crippen molar-refractivity contribution in [1.82, 2.24) is 10.3 Å². The molecule has 0 radical (unpaired) electrons. The number of methoxy groups -OCH3 is 1. The van der Waals surface area contributed by atoms with Crippen LogP contribution in [-0.2, 0) is 17.8 Å². The zero-order valence-electron chi connectivity index (χ0n) is 12.6. The zero-order chi connectivity index (χ0) is 16.1. The van der Waals surface area contributed by atoms with Gasteiger partial charge in [0.2, 0.25) is 5.91 Å². The molecule has 3 aromatic rings. The van der Waals surface area contributed by atoms with E-state index in [1.165, 1.54) is 0 Å². The average Bonchev–Trinajstić information content (AvgIpc) is 3.25. The number of aromatic nitrogens is 1. The van der Waals surface area contributed by atoms with Gasteiger partial charge in [0.15, 0.2) is 0 Å². The van der Waals surface area contributed by atoms with Gasteiger partial charge in [-0.05, 0) is 35.7 Å². The number of carbonyl (C=O) groups is 1. The number of nitrogens with zero attached hydrogens (tertiary/aromatic N) is 1. The van der Waals surface area contributed by atoms with E-state index in [0.29, 0.717) is 13.0 Å². The lowest BCUT2D eigenvalue weighted by Gasteiger charge is -2.02. The standard InChI is InChI=1S/C17H16N2O2S2/c1-21-14-6-4-12(5-7-14)17-19-13(11-23-17)9-16(20)18-10-15-3-2-8-22-15/h2-8,11H,9-10H2,1H3,(H,18,20). The lowest BCUT2D eigenvalue weighted by molar-refractivity contribution is -0.120. The van der Waals surface area contributed by atoms with E-state index in [9.17, 15) is 4.79 Å². The maximum atomic E-state index is 12.0. The van der Waals surface area contributed by atoms with Crippen LogP contribution in [0.15, 0.2) is 47.2 Å². The number of carbonyl (C=O) groups excluding carboxylic acids is 1. The Balaban J connectivity index is 1.58. The summed E-state index contributed by atoms with van der Waals surface area (Å²) in [5.41, 5.74) is 1.82. The highest BCUT2D eigenvalue weighted by atomic mass is 32.1. The predicted octanol–water partition coefficient (Wildman–Crippen LogP) is 3.74. The summed E-state index contributed by atoms with van der Waals surface area (Å²) < 4.78 is 5.15. The van der Waals surface area contributed by atoms with Crippen LogP contribution in [0.3, 0.4) is 0 Å². The summed E-state index contributed by atoms with van der Waals surface area (Å²) in [5.74, 6) is 0.809. The highest BCUT2D eigenvalue weighted by Crippen LogP contribution is 2.25. The first-order chi connectivity index (χ1) is 11.2. The van der Waals surface area contributed by atoms with Crippen molar-refractivity contribution in [2.75, 3.05) is 7.11 Å². The number of hydrogen-bond acceptors (Lipinski definition) is 5. The zero-order valence-corrected chi connectivity index (χ0v) is 14.2. The van der Waals surface area contributed by atoms with Gasteiger partial charge in [-0.1, -0.05) is 6.07 Å². The number of benzene rings is 1. The van der Waals surface area contributed by atoms with Gasteiger partial charge in [-0.2, -0.15) is 0 Å². The Kier molecular flexibility index (Phi) is 5.05. The molecule has 6 heteroatoms. The molecule has 1 amide bonds. The number of amides is 1. The second-order valence-corrected chi connectivity index (χ2v) is 6.80. The third-order valence-electron chi connectivity index (χ3n) is 3.27. The molecule has 0 aliphatic rings. The van der Waals surface area contributed by atoms with Gasteiger partial charge in [-0.15, -0.1) is 22.7 Å². The van der Waals surface area contributed by atoms with Gasteiger partial charge in [-0.25, -0.2) is 4.98 Å². The minimum absolute atomic E-state index is 0.00928. The molecule has 0 saturated carbocycles. The number of ether oxygens (including phenoxy) is 1. The van der Waals surface area contributed by atoms with E-state index >= 15 is 0 Å². The Morgan fingerprint density at radius 2 is 2.04 bits per heavy atom. The highest BCUT2D eigenvalue weighted by molar-refractivity contribution is 7.13. The lowest BCUT2D eigenvalue weighted by Crippen LogP contribution is -2.24. The van der Waals surface area contributed by atoms with Crippen molar-refractivity contribution < 1.29 is 9.53 Å². The van der Waals surface area contributed by atoms with Crippen LogP contribution in [0.25, 0.3) is 10.6 Å². The molecule has 4 nitrogen and oxygen atoms in total. The third kappa shape index (κ3) is 4.18. The van der Waals surface area contributed by atoms with Crippen LogP contribution in [-0.4, -0.2) is 18.0 Å². The van der Waals surface area contributed by atoms with Crippen molar-refractivity contribution in [2.24, 2.45) is 0 Å². The number of rotatable bonds is 6. The lowest BCUT2D eigenvalue weighted by atomic mass is 10.2. The summed E-state index contributed by atoms with van der Waals surface area (Å²) in [6, 6.07) is 11.7. The summed E-state index contributed by atoms with van der Waals surface area (Å²) in [7, 11) is 1.64. The Morgan fingerprint density at radius 3 is 2.74 bits per heavy atom. The maximum Gasteiger partial charge on any atom is 0.226 e. The SMILES string of the molecule is COc1ccc(-c2nc(CC(=O)NCc3cccs3)cs2)cc1. The minimum atomic E-state index is -0.00928. The van der Waals surface area contributed by atoms with E-state index in [4.69, 9.17) is 4.74 Å². The normalized spacial score (nSPS) is 10.5. The van der Waals surface area contributed by atoms with Crippen LogP contribution < -0.4 is 10.1 Å². The molecule has 0 spiro atoms. The van der Waals surface area contributed by atoms with E-state index in [-0.39, 0.29) is 5.91 Å². The fraction of sp³-hybridized carbons (Fsp3) is 0.176. The highest BCUT2D eigenvalue weighted by Gasteiger charge is 2.09. The Hall–Kier alpha value is -2.18. The monoisotopic (exact) mass is 344 g/mol. The van der Waals surface area contributed by atoms with Gasteiger partial charge in [0.25, 0.3) is 0 Å². The van der Waals surface area contributed by atoms with E-state index in [1.807, 2.05) is 47.2 Å². The summed E-state index contributed by atoms with van der Waals surface area (Å²) in [6.45, 7) is 0.575. The minimum Gasteiger partial charge on any atom is -0.497 e. The van der Waals surface area contributed by atoms with E-state index < -0.39 is 0 Å². The van der Waals surface area contributed by atoms with Crippen LogP contribution in [0.1, 0.15) is 10.6 Å². The van der Waals surface area contributed by atoms with E-state index in [0.717, 1.165) is 26.9 Å². The third-order valence-corrected chi connectivity index (χ3v) is 5.09. The molecule has 0 aliphatic carbocycles. The fourth-order valence-electron chi connectivity index (χ4n) is 2.08.